The molecule has 0 spiro atoms. The van der Waals surface area contributed by atoms with Crippen LogP contribution in [-0.2, 0) is 19.1 Å². The first-order valence-electron chi connectivity index (χ1n) is 24.6. The van der Waals surface area contributed by atoms with E-state index in [9.17, 15) is 49.5 Å². The first-order valence-corrected chi connectivity index (χ1v) is 24.6. The molecule has 19 heteroatoms. The predicted molar refractivity (Wildman–Crippen MR) is 273 cm³/mol. The Labute approximate surface area is 421 Å². The molecule has 6 heterocycles. The quantitative estimate of drug-likeness (QED) is 0.0304. The lowest BCUT2D eigenvalue weighted by Gasteiger charge is -2.26. The summed E-state index contributed by atoms with van der Waals surface area (Å²) >= 11 is 0. The van der Waals surface area contributed by atoms with Gasteiger partial charge < -0.3 is 50.0 Å². The van der Waals surface area contributed by atoms with Crippen LogP contribution in [0.4, 0.5) is 15.8 Å². The number of ether oxygens (including phenoxy) is 3. The van der Waals surface area contributed by atoms with E-state index < -0.39 is 76.3 Å². The number of hydrogen-bond donors (Lipinski definition) is 6. The van der Waals surface area contributed by atoms with Gasteiger partial charge in [-0.1, -0.05) is 45.4 Å². The van der Waals surface area contributed by atoms with E-state index in [1.807, 2.05) is 31.7 Å². The molecule has 0 saturated carbocycles. The third-order valence-electron chi connectivity index (χ3n) is 14.0. The number of aryl methyl sites for hydroxylation is 1. The number of carbonyl (C=O) groups excluding carboxylic acids is 3. The zero-order valence-electron chi connectivity index (χ0n) is 42.3. The smallest absolute Gasteiger partial charge is 0.341 e. The number of aliphatic hydroxyl groups is 1. The third kappa shape index (κ3) is 10.9. The van der Waals surface area contributed by atoms with Crippen molar-refractivity contribution < 1.29 is 63.3 Å². The molecule has 390 valence electrons. The van der Waals surface area contributed by atoms with E-state index >= 15 is 4.39 Å². The largest absolute Gasteiger partial charge is 0.507 e. The number of aromatic carboxylic acids is 1. The Bertz CT molecular complexity index is 3050. The van der Waals surface area contributed by atoms with Crippen molar-refractivity contribution in [2.45, 2.75) is 130 Å². The topological polar surface area (TPSA) is 249 Å². The number of phenolic OH excluding ortho intramolecular Hbond substituents is 3. The average Bonchev–Trinajstić information content (AvgIpc) is 3.95. The average molecular weight is 1010 g/mol. The van der Waals surface area contributed by atoms with Crippen molar-refractivity contribution in [3.05, 3.63) is 98.0 Å². The molecule has 18 nitrogen and oxygen atoms in total. The minimum Gasteiger partial charge on any atom is -0.507 e. The van der Waals surface area contributed by atoms with Gasteiger partial charge in [0, 0.05) is 50.0 Å². The number of hydrogen-bond acceptors (Lipinski definition) is 15. The molecule has 1 saturated heterocycles. The third-order valence-corrected chi connectivity index (χ3v) is 14.0. The van der Waals surface area contributed by atoms with Crippen LogP contribution in [0.2, 0.25) is 0 Å². The van der Waals surface area contributed by atoms with Gasteiger partial charge in [0.2, 0.25) is 5.78 Å². The molecular formula is C54H64FN5O13. The Balaban J connectivity index is 1.27. The summed E-state index contributed by atoms with van der Waals surface area (Å²) in [5.74, 6) is -6.21. The number of aliphatic hydroxyl groups excluding tert-OH is 1. The van der Waals surface area contributed by atoms with E-state index in [4.69, 9.17) is 14.2 Å². The van der Waals surface area contributed by atoms with Gasteiger partial charge in [-0.2, -0.15) is 5.10 Å². The number of phenols is 3. The lowest BCUT2D eigenvalue weighted by atomic mass is 9.92. The second kappa shape index (κ2) is 22.1. The highest BCUT2D eigenvalue weighted by Gasteiger charge is 2.41. The number of amides is 1. The number of esters is 1. The second-order valence-corrected chi connectivity index (χ2v) is 19.4. The van der Waals surface area contributed by atoms with E-state index in [2.05, 4.69) is 10.4 Å². The van der Waals surface area contributed by atoms with E-state index in [0.717, 1.165) is 17.0 Å². The maximum atomic E-state index is 16.3. The first kappa shape index (κ1) is 53.4. The van der Waals surface area contributed by atoms with Gasteiger partial charge >= 0.3 is 18.2 Å². The van der Waals surface area contributed by atoms with Crippen molar-refractivity contribution in [3.63, 3.8) is 0 Å². The summed E-state index contributed by atoms with van der Waals surface area (Å²) in [5, 5.41) is 64.9. The molecule has 0 radical (unpaired) electrons. The molecule has 4 aliphatic rings. The standard InChI is InChI=1S/C54H64FN5O13/c1-9-13-28(3)36-23-37(53(69)70)52(68)60-26-39(55)45(30(5)44(36)60)59-20-19-33(25-59)58(8)56-24-38-43-48(65)41-40(47(38)64)42-49(66)54(73-50(42)31(6)46(41)63)71-21-11-10-16-35(72-32(7)61)22-34(62)18-17-27(2)14-12-15-29(4)51(67)57-43/h11-12,14-15,21,23-24,26-28,33-35,54,62-65H,9-10,13,16-20,22,25H2,1-8H3,(H,57,67)(H,69,70)/b14-12+,21-11+,29-15-,56-24+. The van der Waals surface area contributed by atoms with Crippen molar-refractivity contribution >= 4 is 57.5 Å². The Morgan fingerprint density at radius 2 is 1.79 bits per heavy atom. The van der Waals surface area contributed by atoms with Crippen molar-refractivity contribution in [2.75, 3.05) is 30.4 Å². The van der Waals surface area contributed by atoms with Crippen molar-refractivity contribution in [3.8, 4) is 23.0 Å². The monoisotopic (exact) mass is 1010 g/mol. The van der Waals surface area contributed by atoms with Gasteiger partial charge in [0.1, 0.15) is 28.9 Å². The summed E-state index contributed by atoms with van der Waals surface area (Å²) in [4.78, 5) is 67.3. The molecule has 8 rings (SSSR count). The zero-order valence-corrected chi connectivity index (χ0v) is 42.3. The van der Waals surface area contributed by atoms with Gasteiger partial charge in [0.05, 0.1) is 64.2 Å². The molecule has 73 heavy (non-hydrogen) atoms. The number of aromatic nitrogens is 1. The molecule has 2 aromatic carbocycles. The minimum absolute atomic E-state index is 0.0201. The van der Waals surface area contributed by atoms with Gasteiger partial charge in [0.25, 0.3) is 11.5 Å². The second-order valence-electron chi connectivity index (χ2n) is 19.4. The van der Waals surface area contributed by atoms with Crippen LogP contribution >= 0.6 is 0 Å². The lowest BCUT2D eigenvalue weighted by molar-refractivity contribution is -0.148. The molecule has 4 aromatic rings. The number of carboxylic acids is 1. The molecule has 6 atom stereocenters. The number of nitrogens with zero attached hydrogens (tertiary/aromatic N) is 4. The molecule has 6 N–H and O–H groups in total. The number of nitrogens with one attached hydrogen (secondary N) is 1. The number of likely N-dealkylation sites (N-methyl/N-ethyl adjacent to an activating group) is 1. The van der Waals surface area contributed by atoms with Crippen LogP contribution in [0.3, 0.4) is 0 Å². The molecule has 1 fully saturated rings. The number of halogens is 1. The Hall–Kier alpha value is -7.41. The molecule has 5 bridgehead atoms. The predicted octanol–water partition coefficient (Wildman–Crippen LogP) is 8.24. The summed E-state index contributed by atoms with van der Waals surface area (Å²) in [6.07, 6.45) is 11.1. The highest BCUT2D eigenvalue weighted by molar-refractivity contribution is 6.23. The van der Waals surface area contributed by atoms with Crippen LogP contribution in [0.1, 0.15) is 135 Å². The zero-order chi connectivity index (χ0) is 53.2. The maximum Gasteiger partial charge on any atom is 0.341 e. The number of ketones is 1. The van der Waals surface area contributed by atoms with Crippen LogP contribution in [0.15, 0.2) is 58.3 Å². The van der Waals surface area contributed by atoms with Crippen LogP contribution in [0.25, 0.3) is 16.3 Å². The Kier molecular flexibility index (Phi) is 16.2. The van der Waals surface area contributed by atoms with Crippen molar-refractivity contribution in [2.24, 2.45) is 11.0 Å². The van der Waals surface area contributed by atoms with E-state index in [1.165, 1.54) is 39.3 Å². The van der Waals surface area contributed by atoms with Gasteiger partial charge in [0.15, 0.2) is 11.6 Å². The molecule has 6 unspecified atom stereocenters. The lowest BCUT2D eigenvalue weighted by Crippen LogP contribution is -2.32. The van der Waals surface area contributed by atoms with Gasteiger partial charge in [-0.3, -0.25) is 28.6 Å². The molecule has 1 amide bonds. The molecule has 2 aromatic heterocycles. The van der Waals surface area contributed by atoms with E-state index in [0.29, 0.717) is 61.7 Å². The summed E-state index contributed by atoms with van der Waals surface area (Å²) in [6, 6.07) is 1.01. The molecule has 4 aliphatic heterocycles. The van der Waals surface area contributed by atoms with E-state index in [1.54, 1.807) is 37.2 Å². The number of carbonyl (C=O) groups is 4. The van der Waals surface area contributed by atoms with Crippen LogP contribution in [0.5, 0.6) is 23.0 Å². The summed E-state index contributed by atoms with van der Waals surface area (Å²) in [6.45, 7) is 12.5. The summed E-state index contributed by atoms with van der Waals surface area (Å²) in [7, 11) is 1.65. The minimum atomic E-state index is -1.57. The molecule has 0 aliphatic carbocycles. The fraction of sp³-hybridized carbons (Fsp3) is 0.444. The number of Topliss-reactive ketones (excluding diaryl/α,β-unsaturated/α-hetero) is 1. The highest BCUT2D eigenvalue weighted by Crippen LogP contribution is 2.54. The summed E-state index contributed by atoms with van der Waals surface area (Å²) in [5.41, 5.74) is -0.0693. The fourth-order valence-electron chi connectivity index (χ4n) is 10.0. The SMILES string of the molecule is CCCC(C)c1cc(C(=O)O)c(=O)n2cc(F)c(N3CCC(N(C)/N=C/c4c5c(O)c6c(O)c(C)c7c(c6c4O)C(=O)C(O/C=C/CCC(OC(C)=O)CC(O)CCC(C)/C=C/C=C(/C)C(=O)N5)O7)C3)c(C)c12. The van der Waals surface area contributed by atoms with Crippen LogP contribution < -0.4 is 20.5 Å². The number of rotatable bonds is 9. The number of allylic oxidation sites excluding steroid dienone is 4. The number of aromatic hydroxyl groups is 3. The fourth-order valence-corrected chi connectivity index (χ4v) is 10.0. The maximum absolute atomic E-state index is 16.3. The summed E-state index contributed by atoms with van der Waals surface area (Å²) < 4.78 is 34.5. The highest BCUT2D eigenvalue weighted by atomic mass is 19.1. The van der Waals surface area contributed by atoms with Crippen molar-refractivity contribution in [1.82, 2.24) is 9.41 Å². The number of pyridine rings is 2. The first-order chi connectivity index (χ1) is 34.6. The van der Waals surface area contributed by atoms with E-state index in [-0.39, 0.29) is 81.0 Å². The van der Waals surface area contributed by atoms with Crippen LogP contribution in [0, 0.1) is 25.6 Å². The number of fused-ring (bicyclic) bond motifs is 15. The number of carboxylic acid groups (broad SMARTS) is 1. The number of hydrazone groups is 1. The normalized spacial score (nSPS) is 23.0. The Morgan fingerprint density at radius 3 is 2.49 bits per heavy atom. The van der Waals surface area contributed by atoms with Gasteiger partial charge in [-0.05, 0) is 94.4 Å². The van der Waals surface area contributed by atoms with Crippen LogP contribution in [-0.4, -0.2) is 109 Å². The van der Waals surface area contributed by atoms with Crippen molar-refractivity contribution in [1.29, 1.82) is 0 Å². The molecular weight excluding hydrogens is 946 g/mol. The van der Waals surface area contributed by atoms with Gasteiger partial charge in [-0.15, -0.1) is 0 Å². The van der Waals surface area contributed by atoms with Gasteiger partial charge in [-0.25, -0.2) is 9.18 Å². The number of benzene rings is 2. The number of anilines is 2. The Morgan fingerprint density at radius 1 is 1.05 bits per heavy atom.